The molecule has 0 aromatic heterocycles. The molecule has 0 spiro atoms. The molecule has 1 fully saturated rings. The Balaban J connectivity index is 2.34. The summed E-state index contributed by atoms with van der Waals surface area (Å²) in [6.45, 7) is 2.11. The van der Waals surface area contributed by atoms with Crippen LogP contribution < -0.4 is 4.74 Å². The summed E-state index contributed by atoms with van der Waals surface area (Å²) in [5.41, 5.74) is -0.255. The van der Waals surface area contributed by atoms with Crippen LogP contribution in [-0.4, -0.2) is 62.9 Å². The van der Waals surface area contributed by atoms with E-state index in [1.165, 1.54) is 23.5 Å². The summed E-state index contributed by atoms with van der Waals surface area (Å²) in [7, 11) is -0.455. The second kappa shape index (κ2) is 5.96. The molecule has 9 heteroatoms. The van der Waals surface area contributed by atoms with Gasteiger partial charge in [-0.15, -0.1) is 0 Å². The number of ether oxygens (including phenoxy) is 1. The lowest BCUT2D eigenvalue weighted by molar-refractivity contribution is -0.385. The monoisotopic (exact) mass is 315 g/mol. The van der Waals surface area contributed by atoms with E-state index in [1.54, 1.807) is 0 Å². The van der Waals surface area contributed by atoms with Gasteiger partial charge in [0.05, 0.1) is 16.9 Å². The standard InChI is InChI=1S/C12H17N3O5S/c1-13-5-7-14(8-6-13)21(18,19)10-3-4-11(15(16)17)12(9-10)20-2/h3-4,9H,5-8H2,1-2H3. The van der Waals surface area contributed by atoms with Crippen LogP contribution in [0.1, 0.15) is 0 Å². The molecule has 1 aromatic carbocycles. The normalized spacial score (nSPS) is 17.6. The fourth-order valence-electron chi connectivity index (χ4n) is 2.15. The highest BCUT2D eigenvalue weighted by molar-refractivity contribution is 7.89. The van der Waals surface area contributed by atoms with Crippen molar-refractivity contribution in [1.29, 1.82) is 0 Å². The maximum Gasteiger partial charge on any atom is 0.310 e. The first kappa shape index (κ1) is 15.7. The molecule has 0 bridgehead atoms. The van der Waals surface area contributed by atoms with E-state index in [2.05, 4.69) is 0 Å². The number of nitrogens with zero attached hydrogens (tertiary/aromatic N) is 3. The van der Waals surface area contributed by atoms with E-state index >= 15 is 0 Å². The lowest BCUT2D eigenvalue weighted by Crippen LogP contribution is -2.47. The minimum atomic E-state index is -3.66. The Hall–Kier alpha value is -1.71. The smallest absolute Gasteiger partial charge is 0.310 e. The zero-order chi connectivity index (χ0) is 15.6. The van der Waals surface area contributed by atoms with E-state index in [0.29, 0.717) is 26.2 Å². The third-order valence-electron chi connectivity index (χ3n) is 3.45. The van der Waals surface area contributed by atoms with E-state index in [9.17, 15) is 18.5 Å². The number of piperazine rings is 1. The SMILES string of the molecule is COc1cc(S(=O)(=O)N2CCN(C)CC2)ccc1[N+](=O)[O-]. The summed E-state index contributed by atoms with van der Waals surface area (Å²) < 4.78 is 31.3. The molecule has 0 aliphatic carbocycles. The zero-order valence-corrected chi connectivity index (χ0v) is 12.7. The molecule has 0 amide bonds. The summed E-state index contributed by atoms with van der Waals surface area (Å²) in [5, 5.41) is 10.8. The van der Waals surface area contributed by atoms with Crippen molar-refractivity contribution in [3.05, 3.63) is 28.3 Å². The molecular weight excluding hydrogens is 298 g/mol. The molecule has 116 valence electrons. The number of sulfonamides is 1. The average molecular weight is 315 g/mol. The molecular formula is C12H17N3O5S. The highest BCUT2D eigenvalue weighted by Crippen LogP contribution is 2.30. The van der Waals surface area contributed by atoms with Crippen LogP contribution in [0.25, 0.3) is 0 Å². The number of likely N-dealkylation sites (N-methyl/N-ethyl adjacent to an activating group) is 1. The fraction of sp³-hybridized carbons (Fsp3) is 0.500. The Morgan fingerprint density at radius 3 is 2.38 bits per heavy atom. The molecule has 1 heterocycles. The zero-order valence-electron chi connectivity index (χ0n) is 11.9. The van der Waals surface area contributed by atoms with Crippen molar-refractivity contribution in [2.24, 2.45) is 0 Å². The summed E-state index contributed by atoms with van der Waals surface area (Å²) in [6, 6.07) is 3.60. The predicted octanol–water partition coefficient (Wildman–Crippen LogP) is 0.540. The van der Waals surface area contributed by atoms with Gasteiger partial charge in [-0.3, -0.25) is 10.1 Å². The Labute approximate surface area is 123 Å². The lowest BCUT2D eigenvalue weighted by Gasteiger charge is -2.31. The molecule has 0 radical (unpaired) electrons. The van der Waals surface area contributed by atoms with Gasteiger partial charge in [-0.25, -0.2) is 8.42 Å². The van der Waals surface area contributed by atoms with Gasteiger partial charge < -0.3 is 9.64 Å². The maximum absolute atomic E-state index is 12.5. The molecule has 21 heavy (non-hydrogen) atoms. The van der Waals surface area contributed by atoms with Gasteiger partial charge in [0.2, 0.25) is 10.0 Å². The van der Waals surface area contributed by atoms with E-state index in [-0.39, 0.29) is 16.3 Å². The first-order chi connectivity index (χ1) is 9.86. The Morgan fingerprint density at radius 2 is 1.86 bits per heavy atom. The number of hydrogen-bond donors (Lipinski definition) is 0. The molecule has 0 saturated carbocycles. The number of nitro benzene ring substituents is 1. The summed E-state index contributed by atoms with van der Waals surface area (Å²) in [5.74, 6) is -0.0600. The van der Waals surface area contributed by atoms with Gasteiger partial charge in [-0.05, 0) is 13.1 Å². The minimum absolute atomic E-state index is 0.00880. The quantitative estimate of drug-likeness (QED) is 0.595. The topological polar surface area (TPSA) is 93.0 Å². The van der Waals surface area contributed by atoms with E-state index in [4.69, 9.17) is 4.74 Å². The first-order valence-corrected chi connectivity index (χ1v) is 7.81. The predicted molar refractivity (Wildman–Crippen MR) is 75.9 cm³/mol. The number of methoxy groups -OCH3 is 1. The van der Waals surface area contributed by atoms with Crippen LogP contribution >= 0.6 is 0 Å². The van der Waals surface area contributed by atoms with Gasteiger partial charge >= 0.3 is 5.69 Å². The minimum Gasteiger partial charge on any atom is -0.490 e. The van der Waals surface area contributed by atoms with Crippen LogP contribution in [0.2, 0.25) is 0 Å². The summed E-state index contributed by atoms with van der Waals surface area (Å²) >= 11 is 0. The molecule has 8 nitrogen and oxygen atoms in total. The van der Waals surface area contributed by atoms with Gasteiger partial charge in [0.25, 0.3) is 0 Å². The van der Waals surface area contributed by atoms with Crippen molar-refractivity contribution >= 4 is 15.7 Å². The fourth-order valence-corrected chi connectivity index (χ4v) is 3.58. The van der Waals surface area contributed by atoms with Crippen LogP contribution in [0.15, 0.2) is 23.1 Å². The lowest BCUT2D eigenvalue weighted by atomic mass is 10.3. The van der Waals surface area contributed by atoms with Crippen molar-refractivity contribution in [1.82, 2.24) is 9.21 Å². The Kier molecular flexibility index (Phi) is 4.45. The highest BCUT2D eigenvalue weighted by atomic mass is 32.2. The van der Waals surface area contributed by atoms with Gasteiger partial charge in [-0.1, -0.05) is 0 Å². The largest absolute Gasteiger partial charge is 0.490 e. The second-order valence-corrected chi connectivity index (χ2v) is 6.74. The van der Waals surface area contributed by atoms with Crippen LogP contribution in [0.5, 0.6) is 5.75 Å². The first-order valence-electron chi connectivity index (χ1n) is 6.37. The van der Waals surface area contributed by atoms with Gasteiger partial charge in [-0.2, -0.15) is 4.31 Å². The number of nitro groups is 1. The molecule has 1 aliphatic heterocycles. The van der Waals surface area contributed by atoms with Crippen molar-refractivity contribution in [2.75, 3.05) is 40.3 Å². The molecule has 0 atom stereocenters. The van der Waals surface area contributed by atoms with E-state index in [0.717, 1.165) is 6.07 Å². The second-order valence-electron chi connectivity index (χ2n) is 4.80. The van der Waals surface area contributed by atoms with Crippen LogP contribution in [0, 0.1) is 10.1 Å². The molecule has 1 saturated heterocycles. The van der Waals surface area contributed by atoms with Gasteiger partial charge in [0.1, 0.15) is 0 Å². The maximum atomic E-state index is 12.5. The molecule has 0 N–H and O–H groups in total. The van der Waals surface area contributed by atoms with Crippen molar-refractivity contribution in [2.45, 2.75) is 4.90 Å². The third kappa shape index (κ3) is 3.14. The van der Waals surface area contributed by atoms with E-state index in [1.807, 2.05) is 11.9 Å². The van der Waals surface area contributed by atoms with Crippen LogP contribution in [0.4, 0.5) is 5.69 Å². The summed E-state index contributed by atoms with van der Waals surface area (Å²) in [4.78, 5) is 12.3. The molecule has 1 aliphatic rings. The van der Waals surface area contributed by atoms with Gasteiger partial charge in [0.15, 0.2) is 5.75 Å². The van der Waals surface area contributed by atoms with Crippen molar-refractivity contribution in [3.63, 3.8) is 0 Å². The molecule has 0 unspecified atom stereocenters. The number of benzene rings is 1. The van der Waals surface area contributed by atoms with E-state index < -0.39 is 14.9 Å². The molecule has 2 rings (SSSR count). The Bertz CT molecular complexity index is 638. The Morgan fingerprint density at radius 1 is 1.24 bits per heavy atom. The number of hydrogen-bond acceptors (Lipinski definition) is 6. The number of rotatable bonds is 4. The van der Waals surface area contributed by atoms with Crippen molar-refractivity contribution in [3.8, 4) is 5.75 Å². The molecule has 1 aromatic rings. The third-order valence-corrected chi connectivity index (χ3v) is 5.34. The van der Waals surface area contributed by atoms with Crippen molar-refractivity contribution < 1.29 is 18.1 Å². The van der Waals surface area contributed by atoms with Crippen LogP contribution in [-0.2, 0) is 10.0 Å². The summed E-state index contributed by atoms with van der Waals surface area (Å²) in [6.07, 6.45) is 0. The van der Waals surface area contributed by atoms with Gasteiger partial charge in [0, 0.05) is 38.3 Å². The highest BCUT2D eigenvalue weighted by Gasteiger charge is 2.29. The van der Waals surface area contributed by atoms with Crippen LogP contribution in [0.3, 0.4) is 0 Å². The average Bonchev–Trinajstić information content (AvgIpc) is 2.46.